The molecule has 0 N–H and O–H groups in total. The van der Waals surface area contributed by atoms with Crippen molar-refractivity contribution < 1.29 is 18.5 Å². The van der Waals surface area contributed by atoms with Crippen molar-refractivity contribution in [1.29, 1.82) is 0 Å². The summed E-state index contributed by atoms with van der Waals surface area (Å²) >= 11 is 0. The number of aromatic nitrogens is 2. The number of anilines is 1. The molecule has 1 aliphatic heterocycles. The topological polar surface area (TPSA) is 76.3 Å². The number of hydrogen-bond donors (Lipinski definition) is 0. The predicted octanol–water partition coefficient (Wildman–Crippen LogP) is 1.25. The Bertz CT molecular complexity index is 695. The lowest BCUT2D eigenvalue weighted by atomic mass is 10.1. The molecule has 6 nitrogen and oxygen atoms in total. The third-order valence-corrected chi connectivity index (χ3v) is 2.80. The second-order valence-electron chi connectivity index (χ2n) is 4.12. The van der Waals surface area contributed by atoms with Crippen LogP contribution in [0.25, 0.3) is 0 Å². The zero-order valence-corrected chi connectivity index (χ0v) is 9.88. The summed E-state index contributed by atoms with van der Waals surface area (Å²) in [7, 11) is 0. The van der Waals surface area contributed by atoms with Crippen LogP contribution in [0.15, 0.2) is 22.7 Å². The largest absolute Gasteiger partial charge is 0.337 e. The highest BCUT2D eigenvalue weighted by atomic mass is 19.1. The molecule has 0 saturated carbocycles. The normalized spacial score (nSPS) is 14.1. The zero-order valence-electron chi connectivity index (χ0n) is 9.88. The van der Waals surface area contributed by atoms with Crippen molar-refractivity contribution >= 4 is 17.4 Å². The van der Waals surface area contributed by atoms with E-state index in [1.165, 1.54) is 6.07 Å². The number of benzene rings is 1. The third-order valence-electron chi connectivity index (χ3n) is 2.80. The monoisotopic (exact) mass is 261 g/mol. The first-order chi connectivity index (χ1) is 9.06. The summed E-state index contributed by atoms with van der Waals surface area (Å²) in [5.41, 5.74) is 0.411. The van der Waals surface area contributed by atoms with Crippen LogP contribution in [0, 0.1) is 12.7 Å². The van der Waals surface area contributed by atoms with E-state index in [1.807, 2.05) is 0 Å². The van der Waals surface area contributed by atoms with Crippen LogP contribution in [-0.2, 0) is 11.3 Å². The number of fused-ring (bicyclic) bond motifs is 1. The van der Waals surface area contributed by atoms with E-state index in [1.54, 1.807) is 6.92 Å². The van der Waals surface area contributed by atoms with Crippen LogP contribution in [0.5, 0.6) is 0 Å². The van der Waals surface area contributed by atoms with Gasteiger partial charge in [0.2, 0.25) is 5.89 Å². The number of carbonyl (C=O) groups excluding carboxylic acids is 2. The molecule has 0 radical (unpaired) electrons. The summed E-state index contributed by atoms with van der Waals surface area (Å²) in [6, 6.07) is 3.58. The standard InChI is InChI=1S/C12H8FN3O3/c1-6-14-10(19-15-6)5-16-9-4-7(13)2-3-8(9)11(17)12(16)18/h2-4H,5H2,1H3. The molecule has 0 spiro atoms. The fourth-order valence-electron chi connectivity index (χ4n) is 1.96. The quantitative estimate of drug-likeness (QED) is 0.760. The van der Waals surface area contributed by atoms with Crippen molar-refractivity contribution in [3.05, 3.63) is 41.3 Å². The van der Waals surface area contributed by atoms with Crippen molar-refractivity contribution in [3.8, 4) is 0 Å². The summed E-state index contributed by atoms with van der Waals surface area (Å²) in [6.07, 6.45) is 0. The number of ketones is 1. The number of aryl methyl sites for hydroxylation is 1. The number of hydrogen-bond acceptors (Lipinski definition) is 5. The molecule has 1 aromatic heterocycles. The van der Waals surface area contributed by atoms with Crippen molar-refractivity contribution in [1.82, 2.24) is 10.1 Å². The Morgan fingerprint density at radius 2 is 2.16 bits per heavy atom. The fourth-order valence-corrected chi connectivity index (χ4v) is 1.96. The van der Waals surface area contributed by atoms with E-state index in [0.717, 1.165) is 17.0 Å². The van der Waals surface area contributed by atoms with E-state index in [-0.39, 0.29) is 23.7 Å². The SMILES string of the molecule is Cc1noc(CN2C(=O)C(=O)c3ccc(F)cc32)n1. The molecule has 19 heavy (non-hydrogen) atoms. The summed E-state index contributed by atoms with van der Waals surface area (Å²) in [5, 5.41) is 3.59. The molecule has 0 saturated heterocycles. The maximum atomic E-state index is 13.2. The highest BCUT2D eigenvalue weighted by Gasteiger charge is 2.36. The number of amides is 1. The molecule has 1 amide bonds. The van der Waals surface area contributed by atoms with Crippen LogP contribution in [0.4, 0.5) is 10.1 Å². The molecule has 96 valence electrons. The Kier molecular flexibility index (Phi) is 2.41. The van der Waals surface area contributed by atoms with Gasteiger partial charge in [-0.25, -0.2) is 4.39 Å². The first-order valence-electron chi connectivity index (χ1n) is 5.51. The van der Waals surface area contributed by atoms with Gasteiger partial charge >= 0.3 is 0 Å². The van der Waals surface area contributed by atoms with Crippen LogP contribution in [-0.4, -0.2) is 21.8 Å². The van der Waals surface area contributed by atoms with Gasteiger partial charge in [-0.1, -0.05) is 5.16 Å². The van der Waals surface area contributed by atoms with Crippen LogP contribution in [0.3, 0.4) is 0 Å². The van der Waals surface area contributed by atoms with E-state index in [2.05, 4.69) is 10.1 Å². The molecule has 1 aromatic carbocycles. The summed E-state index contributed by atoms with van der Waals surface area (Å²) in [4.78, 5) is 28.7. The molecule has 0 bridgehead atoms. The summed E-state index contributed by atoms with van der Waals surface area (Å²) in [5.74, 6) is -1.29. The number of Topliss-reactive ketones (excluding diaryl/α,β-unsaturated/α-hetero) is 1. The van der Waals surface area contributed by atoms with Crippen LogP contribution >= 0.6 is 0 Å². The van der Waals surface area contributed by atoms with E-state index >= 15 is 0 Å². The van der Waals surface area contributed by atoms with Crippen molar-refractivity contribution in [3.63, 3.8) is 0 Å². The first kappa shape index (κ1) is 11.5. The van der Waals surface area contributed by atoms with Crippen molar-refractivity contribution in [2.45, 2.75) is 13.5 Å². The maximum absolute atomic E-state index is 13.2. The second kappa shape index (κ2) is 3.98. The van der Waals surface area contributed by atoms with Gasteiger partial charge < -0.3 is 4.52 Å². The smallest absolute Gasteiger partial charge is 0.299 e. The summed E-state index contributed by atoms with van der Waals surface area (Å²) in [6.45, 7) is 1.58. The van der Waals surface area contributed by atoms with Gasteiger partial charge in [0.25, 0.3) is 11.7 Å². The number of rotatable bonds is 2. The lowest BCUT2D eigenvalue weighted by Gasteiger charge is -2.13. The van der Waals surface area contributed by atoms with Gasteiger partial charge in [0.15, 0.2) is 5.82 Å². The third kappa shape index (κ3) is 1.79. The minimum atomic E-state index is -0.726. The highest BCUT2D eigenvalue weighted by Crippen LogP contribution is 2.30. The van der Waals surface area contributed by atoms with Gasteiger partial charge in [0.1, 0.15) is 12.4 Å². The molecule has 2 heterocycles. The molecule has 1 aliphatic rings. The van der Waals surface area contributed by atoms with Crippen LogP contribution in [0.2, 0.25) is 0 Å². The lowest BCUT2D eigenvalue weighted by molar-refractivity contribution is -0.114. The Hall–Kier alpha value is -2.57. The molecule has 0 unspecified atom stereocenters. The molecule has 0 fully saturated rings. The van der Waals surface area contributed by atoms with Gasteiger partial charge in [-0.15, -0.1) is 0 Å². The van der Waals surface area contributed by atoms with Crippen molar-refractivity contribution in [2.24, 2.45) is 0 Å². The lowest BCUT2D eigenvalue weighted by Crippen LogP contribution is -2.29. The second-order valence-corrected chi connectivity index (χ2v) is 4.12. The molecule has 0 atom stereocenters. The average molecular weight is 261 g/mol. The minimum Gasteiger partial charge on any atom is -0.337 e. The minimum absolute atomic E-state index is 0.0537. The van der Waals surface area contributed by atoms with Crippen LogP contribution in [0.1, 0.15) is 22.1 Å². The van der Waals surface area contributed by atoms with Gasteiger partial charge in [-0.2, -0.15) is 4.98 Å². The van der Waals surface area contributed by atoms with E-state index in [0.29, 0.717) is 5.82 Å². The molecular weight excluding hydrogens is 253 g/mol. The van der Waals surface area contributed by atoms with Gasteiger partial charge in [-0.05, 0) is 25.1 Å². The zero-order chi connectivity index (χ0) is 13.6. The number of carbonyl (C=O) groups is 2. The van der Waals surface area contributed by atoms with Gasteiger partial charge in [0, 0.05) is 0 Å². The average Bonchev–Trinajstić information content (AvgIpc) is 2.88. The van der Waals surface area contributed by atoms with Crippen LogP contribution < -0.4 is 4.90 Å². The van der Waals surface area contributed by atoms with E-state index in [4.69, 9.17) is 4.52 Å². The Morgan fingerprint density at radius 1 is 1.37 bits per heavy atom. The summed E-state index contributed by atoms with van der Waals surface area (Å²) < 4.78 is 18.1. The molecule has 2 aromatic rings. The maximum Gasteiger partial charge on any atom is 0.299 e. The van der Waals surface area contributed by atoms with E-state index in [9.17, 15) is 14.0 Å². The molecular formula is C12H8FN3O3. The Morgan fingerprint density at radius 3 is 2.84 bits per heavy atom. The van der Waals surface area contributed by atoms with Crippen molar-refractivity contribution in [2.75, 3.05) is 4.90 Å². The number of nitrogens with zero attached hydrogens (tertiary/aromatic N) is 3. The number of halogens is 1. The molecule has 7 heteroatoms. The molecule has 3 rings (SSSR count). The predicted molar refractivity (Wildman–Crippen MR) is 61.0 cm³/mol. The van der Waals surface area contributed by atoms with E-state index < -0.39 is 17.5 Å². The highest BCUT2D eigenvalue weighted by molar-refractivity contribution is 6.52. The molecule has 0 aliphatic carbocycles. The first-order valence-corrected chi connectivity index (χ1v) is 5.51. The Labute approximate surface area is 106 Å². The fraction of sp³-hybridized carbons (Fsp3) is 0.167. The van der Waals surface area contributed by atoms with Gasteiger partial charge in [0.05, 0.1) is 11.3 Å². The van der Waals surface area contributed by atoms with Gasteiger partial charge in [-0.3, -0.25) is 14.5 Å². The Balaban J connectivity index is 2.01.